The summed E-state index contributed by atoms with van der Waals surface area (Å²) in [5.41, 5.74) is 0. The summed E-state index contributed by atoms with van der Waals surface area (Å²) in [6, 6.07) is 7.91. The number of alkyl halides is 2. The molecule has 2 fully saturated rings. The third-order valence-corrected chi connectivity index (χ3v) is 8.54. The minimum atomic E-state index is -1.93. The lowest BCUT2D eigenvalue weighted by Crippen LogP contribution is -2.35. The molecule has 0 spiro atoms. The van der Waals surface area contributed by atoms with Crippen LogP contribution in [0.25, 0.3) is 0 Å². The first-order valence-corrected chi connectivity index (χ1v) is 13.2. The van der Waals surface area contributed by atoms with Crippen LogP contribution in [0, 0.1) is 0 Å². The Kier molecular flexibility index (Phi) is 13.6. The maximum Gasteiger partial charge on any atom is 0.118 e. The maximum absolute atomic E-state index is 5.71. The molecule has 1 N–H and O–H groups in total. The molecule has 0 amide bonds. The molecule has 0 radical (unpaired) electrons. The Balaban J connectivity index is 0.000000310. The standard InChI is InChI=1S/C11H16NO2PS2.C4H9NO.CH2Cl2/c1-13-10-2-4-11(5-3-10)15(16,17)12-6-8-14-9-7-12;1-3-6-4-2-5-1;2-1-3/h2-5H,6-9H2,1H3,(H,16,17);5H,1-4H2;1H2. The lowest BCUT2D eigenvalue weighted by atomic mass is 10.3. The molecule has 0 bridgehead atoms. The van der Waals surface area contributed by atoms with Crippen molar-refractivity contribution in [2.75, 3.05) is 65.1 Å². The average molecular weight is 461 g/mol. The van der Waals surface area contributed by atoms with Gasteiger partial charge in [-0.2, -0.15) is 0 Å². The molecule has 2 aliphatic heterocycles. The van der Waals surface area contributed by atoms with Crippen molar-refractivity contribution in [1.82, 2.24) is 9.99 Å². The van der Waals surface area contributed by atoms with Gasteiger partial charge in [0.25, 0.3) is 0 Å². The van der Waals surface area contributed by atoms with Crippen molar-refractivity contribution in [2.24, 2.45) is 0 Å². The van der Waals surface area contributed by atoms with E-state index in [4.69, 9.17) is 61.5 Å². The summed E-state index contributed by atoms with van der Waals surface area (Å²) in [6.45, 7) is 7.06. The molecule has 10 heteroatoms. The number of methoxy groups -OCH3 is 1. The van der Waals surface area contributed by atoms with Crippen molar-refractivity contribution < 1.29 is 14.2 Å². The number of morpholine rings is 2. The highest BCUT2D eigenvalue weighted by Crippen LogP contribution is 2.53. The number of rotatable bonds is 3. The molecule has 2 heterocycles. The molecule has 1 unspecified atom stereocenters. The third-order valence-electron chi connectivity index (χ3n) is 3.63. The molecule has 2 saturated heterocycles. The molecular formula is C16H27Cl2N2O3PS2. The Bertz CT molecular complexity index is 519. The van der Waals surface area contributed by atoms with Crippen LogP contribution < -0.4 is 15.4 Å². The summed E-state index contributed by atoms with van der Waals surface area (Å²) in [7, 11) is 1.66. The Morgan fingerprint density at radius 2 is 1.62 bits per heavy atom. The van der Waals surface area contributed by atoms with Crippen LogP contribution in [0.1, 0.15) is 0 Å². The van der Waals surface area contributed by atoms with Crippen LogP contribution >= 0.6 is 40.8 Å². The molecule has 1 atom stereocenters. The quantitative estimate of drug-likeness (QED) is 0.410. The molecule has 26 heavy (non-hydrogen) atoms. The molecule has 0 saturated carbocycles. The van der Waals surface area contributed by atoms with E-state index in [1.165, 1.54) is 0 Å². The van der Waals surface area contributed by atoms with Gasteiger partial charge in [-0.05, 0) is 24.3 Å². The lowest BCUT2D eigenvalue weighted by molar-refractivity contribution is 0.0758. The zero-order chi connectivity index (χ0) is 19.3. The van der Waals surface area contributed by atoms with Gasteiger partial charge in [-0.25, -0.2) is 0 Å². The highest BCUT2D eigenvalue weighted by atomic mass is 35.5. The van der Waals surface area contributed by atoms with E-state index in [2.05, 4.69) is 9.99 Å². The second kappa shape index (κ2) is 14.4. The summed E-state index contributed by atoms with van der Waals surface area (Å²) in [5, 5.41) is 2.54. The number of thiol groups is 1. The van der Waals surface area contributed by atoms with Gasteiger partial charge in [-0.3, -0.25) is 4.67 Å². The number of benzene rings is 1. The zero-order valence-electron chi connectivity index (χ0n) is 14.9. The van der Waals surface area contributed by atoms with Crippen molar-refractivity contribution >= 4 is 58.0 Å². The molecule has 2 aliphatic rings. The number of hydrogen-bond donors (Lipinski definition) is 2. The fourth-order valence-corrected chi connectivity index (χ4v) is 5.64. The Morgan fingerprint density at radius 3 is 2.00 bits per heavy atom. The predicted molar refractivity (Wildman–Crippen MR) is 119 cm³/mol. The van der Waals surface area contributed by atoms with Gasteiger partial charge in [0.2, 0.25) is 0 Å². The normalized spacial score (nSPS) is 19.8. The van der Waals surface area contributed by atoms with E-state index >= 15 is 0 Å². The van der Waals surface area contributed by atoms with Crippen molar-refractivity contribution in [3.63, 3.8) is 0 Å². The molecule has 150 valence electrons. The van der Waals surface area contributed by atoms with Crippen LogP contribution in [0.15, 0.2) is 24.3 Å². The number of halogens is 2. The second-order valence-electron chi connectivity index (χ2n) is 5.27. The van der Waals surface area contributed by atoms with Crippen LogP contribution in [-0.2, 0) is 21.3 Å². The van der Waals surface area contributed by atoms with E-state index in [0.717, 1.165) is 63.7 Å². The van der Waals surface area contributed by atoms with E-state index < -0.39 is 5.39 Å². The highest BCUT2D eigenvalue weighted by molar-refractivity contribution is 8.65. The molecule has 5 nitrogen and oxygen atoms in total. The largest absolute Gasteiger partial charge is 0.497 e. The Morgan fingerprint density at radius 1 is 1.12 bits per heavy atom. The summed E-state index contributed by atoms with van der Waals surface area (Å²) in [5.74, 6) is 0.846. The molecular weight excluding hydrogens is 434 g/mol. The van der Waals surface area contributed by atoms with Crippen molar-refractivity contribution in [3.8, 4) is 5.75 Å². The van der Waals surface area contributed by atoms with Gasteiger partial charge in [-0.15, -0.1) is 35.5 Å². The first kappa shape index (κ1) is 24.5. The van der Waals surface area contributed by atoms with Crippen LogP contribution in [0.5, 0.6) is 5.75 Å². The predicted octanol–water partition coefficient (Wildman–Crippen LogP) is 2.92. The van der Waals surface area contributed by atoms with Gasteiger partial charge in [-0.1, -0.05) is 11.8 Å². The summed E-state index contributed by atoms with van der Waals surface area (Å²) in [4.78, 5) is 0. The van der Waals surface area contributed by atoms with E-state index in [-0.39, 0.29) is 5.34 Å². The average Bonchev–Trinajstić information content (AvgIpc) is 2.71. The van der Waals surface area contributed by atoms with Crippen molar-refractivity contribution in [3.05, 3.63) is 24.3 Å². The molecule has 0 aliphatic carbocycles. The van der Waals surface area contributed by atoms with Crippen molar-refractivity contribution in [1.29, 1.82) is 0 Å². The molecule has 3 rings (SSSR count). The van der Waals surface area contributed by atoms with E-state index in [9.17, 15) is 0 Å². The van der Waals surface area contributed by atoms with Gasteiger partial charge in [0.1, 0.15) is 5.75 Å². The van der Waals surface area contributed by atoms with E-state index in [1.807, 2.05) is 24.3 Å². The molecule has 1 aromatic carbocycles. The first-order chi connectivity index (χ1) is 12.6. The van der Waals surface area contributed by atoms with E-state index in [0.29, 0.717) is 0 Å². The minimum Gasteiger partial charge on any atom is -0.497 e. The van der Waals surface area contributed by atoms with Crippen LogP contribution in [0.2, 0.25) is 0 Å². The smallest absolute Gasteiger partial charge is 0.118 e. The number of hydrogen-bond acceptors (Lipinski definition) is 5. The highest BCUT2D eigenvalue weighted by Gasteiger charge is 2.25. The fraction of sp³-hybridized carbons (Fsp3) is 0.625. The van der Waals surface area contributed by atoms with Crippen LogP contribution in [0.3, 0.4) is 0 Å². The number of ether oxygens (including phenoxy) is 3. The summed E-state index contributed by atoms with van der Waals surface area (Å²) in [6.07, 6.45) is 0. The molecule has 1 aromatic rings. The summed E-state index contributed by atoms with van der Waals surface area (Å²) < 4.78 is 17.8. The zero-order valence-corrected chi connectivity index (χ0v) is 19.0. The maximum atomic E-state index is 5.71. The van der Waals surface area contributed by atoms with Crippen LogP contribution in [0.4, 0.5) is 0 Å². The monoisotopic (exact) mass is 460 g/mol. The topological polar surface area (TPSA) is 43.0 Å². The Hall–Kier alpha value is 0.440. The number of nitrogens with zero attached hydrogens (tertiary/aromatic N) is 1. The SMILES string of the molecule is C1COCCN1.COc1ccc(P(=S)(S)N2CCOCC2)cc1.ClCCl. The van der Waals surface area contributed by atoms with E-state index in [1.54, 1.807) is 7.11 Å². The van der Waals surface area contributed by atoms with Gasteiger partial charge in [0.15, 0.2) is 0 Å². The van der Waals surface area contributed by atoms with Crippen molar-refractivity contribution in [2.45, 2.75) is 0 Å². The Labute approximate surface area is 176 Å². The van der Waals surface area contributed by atoms with Gasteiger partial charge in [0, 0.05) is 31.5 Å². The third kappa shape index (κ3) is 9.09. The molecule has 0 aromatic heterocycles. The fourth-order valence-electron chi connectivity index (χ4n) is 2.28. The minimum absolute atomic E-state index is 0.194. The number of nitrogens with one attached hydrogen (secondary N) is 1. The van der Waals surface area contributed by atoms with Gasteiger partial charge in [0.05, 0.1) is 44.3 Å². The van der Waals surface area contributed by atoms with Gasteiger partial charge >= 0.3 is 0 Å². The van der Waals surface area contributed by atoms with Crippen LogP contribution in [-0.4, -0.2) is 69.7 Å². The lowest BCUT2D eigenvalue weighted by Gasteiger charge is -2.34. The first-order valence-electron chi connectivity index (χ1n) is 8.27. The summed E-state index contributed by atoms with van der Waals surface area (Å²) >= 11 is 20.0. The van der Waals surface area contributed by atoms with Gasteiger partial charge < -0.3 is 19.5 Å². The second-order valence-corrected chi connectivity index (χ2v) is 12.4.